The van der Waals surface area contributed by atoms with Gasteiger partial charge in [0, 0.05) is 5.02 Å². The molecule has 0 aliphatic carbocycles. The zero-order valence-electron chi connectivity index (χ0n) is 18.5. The molecule has 0 bridgehead atoms. The average Bonchev–Trinajstić information content (AvgIpc) is 3.07. The van der Waals surface area contributed by atoms with Crippen LogP contribution in [0.1, 0.15) is 23.6 Å². The maximum Gasteiger partial charge on any atom is 0.298 e. The molecule has 0 aromatic heterocycles. The Balaban J connectivity index is 1.60. The zero-order valence-corrected chi connectivity index (χ0v) is 21.7. The van der Waals surface area contributed by atoms with Gasteiger partial charge >= 0.3 is 0 Å². The molecule has 34 heavy (non-hydrogen) atoms. The average molecular weight is 559 g/mol. The summed E-state index contributed by atoms with van der Waals surface area (Å²) in [6, 6.07) is 18.3. The maximum absolute atomic E-state index is 13.0. The van der Waals surface area contributed by atoms with Crippen molar-refractivity contribution in [1.29, 1.82) is 0 Å². The van der Waals surface area contributed by atoms with Crippen molar-refractivity contribution in [3.8, 4) is 11.5 Å². The van der Waals surface area contributed by atoms with Crippen LogP contribution in [0, 0.1) is 6.92 Å². The van der Waals surface area contributed by atoms with E-state index in [0.717, 1.165) is 27.8 Å². The number of hydrogen-bond donors (Lipinski definition) is 0. The van der Waals surface area contributed by atoms with Gasteiger partial charge in [0.1, 0.15) is 6.61 Å². The highest BCUT2D eigenvalue weighted by Gasteiger charge is 2.36. The maximum atomic E-state index is 13.0. The number of anilines is 1. The van der Waals surface area contributed by atoms with Gasteiger partial charge in [0.15, 0.2) is 11.5 Å². The summed E-state index contributed by atoms with van der Waals surface area (Å²) in [5.74, 6) is 0.744. The molecule has 0 saturated carbocycles. The number of halogens is 2. The normalized spacial score (nSPS) is 14.7. The monoisotopic (exact) mass is 557 g/mol. The third-order valence-electron chi connectivity index (χ3n) is 4.97. The van der Waals surface area contributed by atoms with Crippen LogP contribution in [0.2, 0.25) is 5.02 Å². The molecule has 174 valence electrons. The fourth-order valence-corrected chi connectivity index (χ4v) is 5.01. The molecule has 0 radical (unpaired) electrons. The van der Waals surface area contributed by atoms with E-state index in [0.29, 0.717) is 50.4 Å². The van der Waals surface area contributed by atoms with Gasteiger partial charge in [-0.1, -0.05) is 41.4 Å². The van der Waals surface area contributed by atoms with Gasteiger partial charge in [0.25, 0.3) is 11.1 Å². The molecule has 1 saturated heterocycles. The van der Waals surface area contributed by atoms with Gasteiger partial charge in [-0.2, -0.15) is 0 Å². The highest BCUT2D eigenvalue weighted by atomic mass is 79.9. The van der Waals surface area contributed by atoms with Gasteiger partial charge < -0.3 is 9.47 Å². The molecular formula is C26H21BrClNO4S. The molecule has 1 aliphatic heterocycles. The highest BCUT2D eigenvalue weighted by Crippen LogP contribution is 2.40. The summed E-state index contributed by atoms with van der Waals surface area (Å²) < 4.78 is 12.6. The largest absolute Gasteiger partial charge is 0.490 e. The van der Waals surface area contributed by atoms with Crippen molar-refractivity contribution in [3.63, 3.8) is 0 Å². The number of hydrogen-bond acceptors (Lipinski definition) is 5. The summed E-state index contributed by atoms with van der Waals surface area (Å²) >= 11 is 10.4. The van der Waals surface area contributed by atoms with Gasteiger partial charge in [-0.25, -0.2) is 4.90 Å². The minimum absolute atomic E-state index is 0.322. The number of carbonyl (C=O) groups excluding carboxylic acids is 2. The van der Waals surface area contributed by atoms with Crippen LogP contribution in [-0.4, -0.2) is 17.8 Å². The molecule has 0 atom stereocenters. The van der Waals surface area contributed by atoms with Crippen LogP contribution in [0.3, 0.4) is 0 Å². The number of thioether (sulfide) groups is 1. The van der Waals surface area contributed by atoms with Crippen LogP contribution in [0.25, 0.3) is 6.08 Å². The fourth-order valence-electron chi connectivity index (χ4n) is 3.46. The summed E-state index contributed by atoms with van der Waals surface area (Å²) in [6.07, 6.45) is 1.68. The first-order chi connectivity index (χ1) is 16.4. The molecule has 8 heteroatoms. The lowest BCUT2D eigenvalue weighted by atomic mass is 10.1. The van der Waals surface area contributed by atoms with Crippen LogP contribution < -0.4 is 14.4 Å². The van der Waals surface area contributed by atoms with Gasteiger partial charge in [-0.15, -0.1) is 0 Å². The summed E-state index contributed by atoms with van der Waals surface area (Å²) in [7, 11) is 0. The smallest absolute Gasteiger partial charge is 0.298 e. The molecule has 1 heterocycles. The molecular weight excluding hydrogens is 538 g/mol. The minimum Gasteiger partial charge on any atom is -0.490 e. The van der Waals surface area contributed by atoms with E-state index in [4.69, 9.17) is 21.1 Å². The van der Waals surface area contributed by atoms with Gasteiger partial charge in [0.2, 0.25) is 0 Å². The second-order valence-corrected chi connectivity index (χ2v) is 9.82. The van der Waals surface area contributed by atoms with Crippen molar-refractivity contribution in [2.45, 2.75) is 20.5 Å². The van der Waals surface area contributed by atoms with Crippen molar-refractivity contribution in [3.05, 3.63) is 91.8 Å². The van der Waals surface area contributed by atoms with Crippen LogP contribution in [0.4, 0.5) is 10.5 Å². The van der Waals surface area contributed by atoms with E-state index >= 15 is 0 Å². The number of benzene rings is 3. The van der Waals surface area contributed by atoms with E-state index in [1.165, 1.54) is 0 Å². The summed E-state index contributed by atoms with van der Waals surface area (Å²) in [5, 5.41) is 0.171. The molecule has 1 fully saturated rings. The number of aryl methyl sites for hydroxylation is 1. The van der Waals surface area contributed by atoms with Crippen molar-refractivity contribution in [2.75, 3.05) is 11.5 Å². The summed E-state index contributed by atoms with van der Waals surface area (Å²) in [4.78, 5) is 27.0. The summed E-state index contributed by atoms with van der Waals surface area (Å²) in [5.41, 5.74) is 3.40. The Morgan fingerprint density at radius 3 is 2.53 bits per heavy atom. The zero-order chi connectivity index (χ0) is 24.2. The summed E-state index contributed by atoms with van der Waals surface area (Å²) in [6.45, 7) is 4.76. The number of ether oxygens (including phenoxy) is 2. The lowest BCUT2D eigenvalue weighted by molar-refractivity contribution is -0.113. The number of amides is 2. The van der Waals surface area contributed by atoms with Crippen molar-refractivity contribution >= 4 is 62.2 Å². The molecule has 3 aromatic rings. The second-order valence-electron chi connectivity index (χ2n) is 7.53. The lowest BCUT2D eigenvalue weighted by Crippen LogP contribution is -2.27. The standard InChI is InChI=1S/C26H21BrClNO4S/c1-3-32-22-13-18(12-21(27)24(22)33-15-17-6-4-5-16(2)11-17)14-23-25(30)29(26(31)34-23)20-9-7-19(28)8-10-20/h4-14H,3,15H2,1-2H3/b23-14+. The van der Waals surface area contributed by atoms with Crippen molar-refractivity contribution < 1.29 is 19.1 Å². The van der Waals surface area contributed by atoms with Gasteiger partial charge in [-0.3, -0.25) is 9.59 Å². The minimum atomic E-state index is -0.383. The predicted octanol–water partition coefficient (Wildman–Crippen LogP) is 7.63. The van der Waals surface area contributed by atoms with E-state index in [9.17, 15) is 9.59 Å². The van der Waals surface area contributed by atoms with E-state index < -0.39 is 0 Å². The number of imide groups is 1. The third-order valence-corrected chi connectivity index (χ3v) is 6.68. The third kappa shape index (κ3) is 5.49. The first-order valence-corrected chi connectivity index (χ1v) is 12.5. The molecule has 4 rings (SSSR count). The van der Waals surface area contributed by atoms with Crippen LogP contribution in [0.15, 0.2) is 70.0 Å². The second kappa shape index (κ2) is 10.7. The first kappa shape index (κ1) is 24.4. The van der Waals surface area contributed by atoms with E-state index in [1.807, 2.05) is 38.1 Å². The fraction of sp³-hybridized carbons (Fsp3) is 0.154. The van der Waals surface area contributed by atoms with Gasteiger partial charge in [-0.05, 0) is 95.1 Å². The predicted molar refractivity (Wildman–Crippen MR) is 141 cm³/mol. The van der Waals surface area contributed by atoms with Crippen molar-refractivity contribution in [2.24, 2.45) is 0 Å². The van der Waals surface area contributed by atoms with Crippen LogP contribution in [0.5, 0.6) is 11.5 Å². The Labute approximate surface area is 215 Å². The molecule has 2 amide bonds. The number of rotatable bonds is 7. The molecule has 5 nitrogen and oxygen atoms in total. The Morgan fingerprint density at radius 1 is 1.06 bits per heavy atom. The van der Waals surface area contributed by atoms with E-state index in [-0.39, 0.29) is 11.1 Å². The first-order valence-electron chi connectivity index (χ1n) is 10.5. The lowest BCUT2D eigenvalue weighted by Gasteiger charge is -2.15. The topological polar surface area (TPSA) is 55.8 Å². The molecule has 0 N–H and O–H groups in total. The number of carbonyl (C=O) groups is 2. The van der Waals surface area contributed by atoms with E-state index in [1.54, 1.807) is 36.4 Å². The quantitative estimate of drug-likeness (QED) is 0.279. The Bertz CT molecular complexity index is 1280. The molecule has 3 aromatic carbocycles. The Kier molecular flexibility index (Phi) is 7.66. The highest BCUT2D eigenvalue weighted by molar-refractivity contribution is 9.10. The Hall–Kier alpha value is -2.74. The number of nitrogens with zero attached hydrogens (tertiary/aromatic N) is 1. The van der Waals surface area contributed by atoms with E-state index in [2.05, 4.69) is 22.0 Å². The Morgan fingerprint density at radius 2 is 1.82 bits per heavy atom. The molecule has 0 unspecified atom stereocenters. The van der Waals surface area contributed by atoms with Crippen LogP contribution >= 0.6 is 39.3 Å². The SMILES string of the molecule is CCOc1cc(/C=C2/SC(=O)N(c3ccc(Cl)cc3)C2=O)cc(Br)c1OCc1cccc(C)c1. The molecule has 0 spiro atoms. The van der Waals surface area contributed by atoms with Gasteiger partial charge in [0.05, 0.1) is 21.7 Å². The van der Waals surface area contributed by atoms with Crippen LogP contribution in [-0.2, 0) is 11.4 Å². The van der Waals surface area contributed by atoms with Crippen molar-refractivity contribution in [1.82, 2.24) is 0 Å². The molecule has 1 aliphatic rings.